The topological polar surface area (TPSA) is 128 Å². The largest absolute Gasteiger partial charge is 0.444 e. The summed E-state index contributed by atoms with van der Waals surface area (Å²) in [5, 5.41) is 7.91. The molecule has 4 aromatic rings. The van der Waals surface area contributed by atoms with E-state index in [0.717, 1.165) is 15.5 Å². The Morgan fingerprint density at radius 1 is 1.19 bits per heavy atom. The fraction of sp³-hybridized carbons (Fsp3) is 0.462. The highest BCUT2D eigenvalue weighted by Gasteiger charge is 2.27. The number of hydrogen-bond donors (Lipinski definition) is 1. The molecular formula is C26H30F2N10O3S. The number of imidazole rings is 1. The lowest BCUT2D eigenvalue weighted by Gasteiger charge is -2.27. The lowest BCUT2D eigenvalue weighted by Crippen LogP contribution is -2.37. The minimum atomic E-state index is -2.76. The molecule has 222 valence electrons. The van der Waals surface area contributed by atoms with Crippen LogP contribution >= 0.6 is 11.3 Å². The fourth-order valence-corrected chi connectivity index (χ4v) is 5.45. The molecule has 0 unspecified atom stereocenters. The first-order chi connectivity index (χ1) is 20.1. The summed E-state index contributed by atoms with van der Waals surface area (Å²) in [7, 11) is 0. The Morgan fingerprint density at radius 2 is 2.00 bits per heavy atom. The molecule has 2 aliphatic rings. The lowest BCUT2D eigenvalue weighted by atomic mass is 10.2. The average Bonchev–Trinajstić information content (AvgIpc) is 3.76. The number of amides is 1. The van der Waals surface area contributed by atoms with Gasteiger partial charge in [-0.1, -0.05) is 6.08 Å². The van der Waals surface area contributed by atoms with Gasteiger partial charge in [0, 0.05) is 25.8 Å². The molecule has 2 aliphatic heterocycles. The number of anilines is 2. The summed E-state index contributed by atoms with van der Waals surface area (Å²) in [6, 6.07) is 0. The van der Waals surface area contributed by atoms with E-state index in [9.17, 15) is 13.6 Å². The zero-order chi connectivity index (χ0) is 29.4. The molecule has 0 bridgehead atoms. The minimum absolute atomic E-state index is 0.343. The third-order valence-corrected chi connectivity index (χ3v) is 7.67. The summed E-state index contributed by atoms with van der Waals surface area (Å²) >= 11 is 1.52. The summed E-state index contributed by atoms with van der Waals surface area (Å²) in [6.45, 7) is 6.43. The number of nitrogens with one attached hydrogen (secondary N) is 1. The van der Waals surface area contributed by atoms with Crippen LogP contribution in [-0.2, 0) is 16.0 Å². The van der Waals surface area contributed by atoms with E-state index >= 15 is 0 Å². The number of aromatic nitrogens is 7. The highest BCUT2D eigenvalue weighted by Crippen LogP contribution is 2.29. The van der Waals surface area contributed by atoms with Gasteiger partial charge in [0.15, 0.2) is 17.0 Å². The first-order valence-electron chi connectivity index (χ1n) is 13.4. The molecule has 6 heterocycles. The second kappa shape index (κ2) is 11.2. The Bertz CT molecular complexity index is 1620. The van der Waals surface area contributed by atoms with Crippen molar-refractivity contribution in [3.8, 4) is 5.69 Å². The highest BCUT2D eigenvalue weighted by atomic mass is 32.1. The van der Waals surface area contributed by atoms with Crippen molar-refractivity contribution in [3.63, 3.8) is 0 Å². The van der Waals surface area contributed by atoms with E-state index in [4.69, 9.17) is 19.4 Å². The number of carbonyl (C=O) groups is 1. The number of thiazole rings is 1. The van der Waals surface area contributed by atoms with E-state index in [0.29, 0.717) is 79.2 Å². The summed E-state index contributed by atoms with van der Waals surface area (Å²) in [4.78, 5) is 35.7. The van der Waals surface area contributed by atoms with Gasteiger partial charge in [-0.3, -0.25) is 4.57 Å². The number of carbonyl (C=O) groups excluding carboxylic acids is 1. The molecule has 0 radical (unpaired) electrons. The van der Waals surface area contributed by atoms with Crippen LogP contribution in [-0.4, -0.2) is 90.3 Å². The molecule has 13 nitrogen and oxygen atoms in total. The van der Waals surface area contributed by atoms with Crippen molar-refractivity contribution in [1.82, 2.24) is 39.2 Å². The third kappa shape index (κ3) is 5.90. The Kier molecular flexibility index (Phi) is 7.49. The summed E-state index contributed by atoms with van der Waals surface area (Å²) in [5.41, 5.74) is 1.82. The maximum Gasteiger partial charge on any atom is 0.410 e. The summed E-state index contributed by atoms with van der Waals surface area (Å²) in [5.74, 6) is 0.976. The van der Waals surface area contributed by atoms with Crippen LogP contribution < -0.4 is 10.2 Å². The lowest BCUT2D eigenvalue weighted by molar-refractivity contribution is 0.0306. The van der Waals surface area contributed by atoms with Gasteiger partial charge in [-0.2, -0.15) is 23.8 Å². The first kappa shape index (κ1) is 28.0. The second-order valence-electron chi connectivity index (χ2n) is 10.8. The van der Waals surface area contributed by atoms with Gasteiger partial charge in [0.2, 0.25) is 5.95 Å². The van der Waals surface area contributed by atoms with Crippen LogP contribution in [0.15, 0.2) is 31.0 Å². The van der Waals surface area contributed by atoms with Crippen molar-refractivity contribution in [3.05, 3.63) is 40.9 Å². The molecule has 0 spiro atoms. The van der Waals surface area contributed by atoms with Crippen LogP contribution in [0.1, 0.15) is 37.2 Å². The molecule has 1 fully saturated rings. The number of halogens is 2. The van der Waals surface area contributed by atoms with Crippen LogP contribution in [0, 0.1) is 0 Å². The Labute approximate surface area is 243 Å². The number of fused-ring (bicyclic) bond motifs is 1. The van der Waals surface area contributed by atoms with Crippen LogP contribution in [0.3, 0.4) is 0 Å². The van der Waals surface area contributed by atoms with Gasteiger partial charge in [-0.05, 0) is 26.3 Å². The minimum Gasteiger partial charge on any atom is -0.444 e. The smallest absolute Gasteiger partial charge is 0.410 e. The molecule has 0 atom stereocenters. The number of nitrogens with zero attached hydrogens (tertiary/aromatic N) is 9. The molecule has 16 heteroatoms. The molecule has 42 heavy (non-hydrogen) atoms. The third-order valence-electron chi connectivity index (χ3n) is 6.59. The van der Waals surface area contributed by atoms with Gasteiger partial charge in [0.05, 0.1) is 49.3 Å². The van der Waals surface area contributed by atoms with Crippen molar-refractivity contribution in [2.45, 2.75) is 39.5 Å². The fourth-order valence-electron chi connectivity index (χ4n) is 4.56. The van der Waals surface area contributed by atoms with Gasteiger partial charge in [-0.25, -0.2) is 19.4 Å². The monoisotopic (exact) mass is 600 g/mol. The molecule has 4 aromatic heterocycles. The van der Waals surface area contributed by atoms with Crippen molar-refractivity contribution in [1.29, 1.82) is 0 Å². The van der Waals surface area contributed by atoms with Crippen LogP contribution in [0.2, 0.25) is 0 Å². The van der Waals surface area contributed by atoms with Gasteiger partial charge in [0.25, 0.3) is 0 Å². The van der Waals surface area contributed by atoms with Crippen molar-refractivity contribution in [2.75, 3.05) is 49.6 Å². The number of morpholine rings is 1. The van der Waals surface area contributed by atoms with E-state index in [1.807, 2.05) is 31.7 Å². The predicted molar refractivity (Wildman–Crippen MR) is 152 cm³/mol. The molecule has 1 N–H and O–H groups in total. The molecular weight excluding hydrogens is 570 g/mol. The van der Waals surface area contributed by atoms with Gasteiger partial charge >= 0.3 is 12.6 Å². The van der Waals surface area contributed by atoms with E-state index in [-0.39, 0.29) is 6.09 Å². The van der Waals surface area contributed by atoms with Gasteiger partial charge < -0.3 is 24.6 Å². The number of hydrogen-bond acceptors (Lipinski definition) is 11. The van der Waals surface area contributed by atoms with Crippen LogP contribution in [0.5, 0.6) is 0 Å². The second-order valence-corrected chi connectivity index (χ2v) is 11.9. The van der Waals surface area contributed by atoms with Crippen molar-refractivity contribution in [2.24, 2.45) is 0 Å². The van der Waals surface area contributed by atoms with Crippen molar-refractivity contribution >= 4 is 45.9 Å². The SMILES string of the molecule is CC(C)(C)OC(=O)N1CC=C(c2cnc(CNc3nc(N4CCOCC4)nc4c3ncn4-c3cnn(C(F)F)c3)s2)C1. The molecule has 0 aromatic carbocycles. The normalized spacial score (nSPS) is 16.0. The van der Waals surface area contributed by atoms with Crippen molar-refractivity contribution < 1.29 is 23.0 Å². The number of alkyl halides is 2. The molecule has 1 amide bonds. The Morgan fingerprint density at radius 3 is 2.74 bits per heavy atom. The van der Waals surface area contributed by atoms with Crippen LogP contribution in [0.4, 0.5) is 25.3 Å². The Hall–Kier alpha value is -4.18. The molecule has 0 saturated carbocycles. The maximum absolute atomic E-state index is 13.2. The highest BCUT2D eigenvalue weighted by molar-refractivity contribution is 7.12. The van der Waals surface area contributed by atoms with Gasteiger partial charge in [0.1, 0.15) is 16.9 Å². The Balaban J connectivity index is 1.22. The van der Waals surface area contributed by atoms with E-state index < -0.39 is 12.2 Å². The standard InChI is InChI=1S/C26H30F2N10O3S/c1-26(2,3)41-25(39)36-5-4-16(13-36)18-11-29-19(42-18)12-30-21-20-22(34-24(33-21)35-6-8-40-9-7-35)37(15-31-20)17-10-32-38(14-17)23(27)28/h4,10-11,14-15,23H,5-9,12-13H2,1-3H3,(H,30,33,34). The van der Waals surface area contributed by atoms with Gasteiger partial charge in [-0.15, -0.1) is 11.3 Å². The zero-order valence-electron chi connectivity index (χ0n) is 23.3. The predicted octanol–water partition coefficient (Wildman–Crippen LogP) is 3.95. The number of ether oxygens (including phenoxy) is 2. The molecule has 0 aliphatic carbocycles. The summed E-state index contributed by atoms with van der Waals surface area (Å²) < 4.78 is 39.5. The first-order valence-corrected chi connectivity index (χ1v) is 14.2. The van der Waals surface area contributed by atoms with E-state index in [2.05, 4.69) is 20.4 Å². The number of rotatable bonds is 7. The molecule has 1 saturated heterocycles. The van der Waals surface area contributed by atoms with E-state index in [1.54, 1.807) is 15.7 Å². The van der Waals surface area contributed by atoms with E-state index in [1.165, 1.54) is 30.1 Å². The van der Waals surface area contributed by atoms with Crippen LogP contribution in [0.25, 0.3) is 22.4 Å². The zero-order valence-corrected chi connectivity index (χ0v) is 24.1. The average molecular weight is 601 g/mol. The summed E-state index contributed by atoms with van der Waals surface area (Å²) in [6.07, 6.45) is 7.58. The molecule has 6 rings (SSSR count). The quantitative estimate of drug-likeness (QED) is 0.333. The maximum atomic E-state index is 13.2.